The van der Waals surface area contributed by atoms with E-state index < -0.39 is 0 Å². The topological polar surface area (TPSA) is 43.6 Å². The van der Waals surface area contributed by atoms with Crippen LogP contribution >= 0.6 is 0 Å². The van der Waals surface area contributed by atoms with Crippen molar-refractivity contribution in [2.45, 2.75) is 39.7 Å². The van der Waals surface area contributed by atoms with Gasteiger partial charge in [-0.2, -0.15) is 5.10 Å². The lowest BCUT2D eigenvalue weighted by molar-refractivity contribution is 0.665. The maximum absolute atomic E-state index is 4.61. The van der Waals surface area contributed by atoms with Crippen molar-refractivity contribution in [1.29, 1.82) is 0 Å². The Balaban J connectivity index is 2.52. The predicted molar refractivity (Wildman–Crippen MR) is 59.7 cm³/mol. The lowest BCUT2D eigenvalue weighted by atomic mass is 10.1. The first-order valence-corrected chi connectivity index (χ1v) is 5.44. The molecule has 0 radical (unpaired) electrons. The molecule has 0 amide bonds. The smallest absolute Gasteiger partial charge is 0.177 e. The van der Waals surface area contributed by atoms with Crippen LogP contribution in [0, 0.1) is 0 Å². The lowest BCUT2D eigenvalue weighted by Crippen LogP contribution is -2.02. The van der Waals surface area contributed by atoms with Crippen LogP contribution in [-0.4, -0.2) is 19.7 Å². The third kappa shape index (κ3) is 1.71. The summed E-state index contributed by atoms with van der Waals surface area (Å²) >= 11 is 0. The van der Waals surface area contributed by atoms with Crippen LogP contribution in [0.3, 0.4) is 0 Å². The molecule has 0 aromatic carbocycles. The van der Waals surface area contributed by atoms with Crippen molar-refractivity contribution in [3.05, 3.63) is 18.1 Å². The van der Waals surface area contributed by atoms with E-state index in [9.17, 15) is 0 Å². The fraction of sp³-hybridized carbons (Fsp3) is 0.545. The summed E-state index contributed by atoms with van der Waals surface area (Å²) in [4.78, 5) is 8.99. The Kier molecular flexibility index (Phi) is 2.66. The first-order chi connectivity index (χ1) is 7.26. The third-order valence-electron chi connectivity index (χ3n) is 2.78. The summed E-state index contributed by atoms with van der Waals surface area (Å²) in [5.74, 6) is 0.460. The Morgan fingerprint density at radius 2 is 2.13 bits per heavy atom. The molecule has 0 saturated carbocycles. The van der Waals surface area contributed by atoms with Crippen molar-refractivity contribution in [2.24, 2.45) is 0 Å². The van der Waals surface area contributed by atoms with Crippen LogP contribution in [0.15, 0.2) is 12.4 Å². The van der Waals surface area contributed by atoms with Gasteiger partial charge in [0.05, 0.1) is 11.9 Å². The van der Waals surface area contributed by atoms with Crippen molar-refractivity contribution in [3.8, 4) is 0 Å². The SMILES string of the molecule is CCC(C)c1cnc2cnn(CC)c2n1. The maximum atomic E-state index is 4.61. The first kappa shape index (κ1) is 10.1. The van der Waals surface area contributed by atoms with Crippen molar-refractivity contribution < 1.29 is 0 Å². The molecule has 80 valence electrons. The fourth-order valence-corrected chi connectivity index (χ4v) is 1.54. The minimum atomic E-state index is 0.460. The minimum Gasteiger partial charge on any atom is -0.249 e. The van der Waals surface area contributed by atoms with Crippen LogP contribution in [-0.2, 0) is 6.54 Å². The van der Waals surface area contributed by atoms with Crippen LogP contribution in [0.5, 0.6) is 0 Å². The van der Waals surface area contributed by atoms with Gasteiger partial charge in [-0.25, -0.2) is 14.6 Å². The van der Waals surface area contributed by atoms with E-state index in [1.54, 1.807) is 6.20 Å². The fourth-order valence-electron chi connectivity index (χ4n) is 1.54. The normalized spacial score (nSPS) is 13.3. The van der Waals surface area contributed by atoms with Gasteiger partial charge >= 0.3 is 0 Å². The van der Waals surface area contributed by atoms with Crippen molar-refractivity contribution in [3.63, 3.8) is 0 Å². The van der Waals surface area contributed by atoms with E-state index in [1.807, 2.05) is 10.9 Å². The molecule has 0 saturated heterocycles. The van der Waals surface area contributed by atoms with Crippen LogP contribution in [0.4, 0.5) is 0 Å². The summed E-state index contributed by atoms with van der Waals surface area (Å²) in [5.41, 5.74) is 2.83. The van der Waals surface area contributed by atoms with E-state index in [0.29, 0.717) is 5.92 Å². The second-order valence-electron chi connectivity index (χ2n) is 3.77. The average molecular weight is 204 g/mol. The van der Waals surface area contributed by atoms with Crippen LogP contribution in [0.25, 0.3) is 11.2 Å². The molecule has 0 aliphatic heterocycles. The highest BCUT2D eigenvalue weighted by Crippen LogP contribution is 2.17. The number of aromatic nitrogens is 4. The molecule has 4 heteroatoms. The van der Waals surface area contributed by atoms with E-state index in [0.717, 1.165) is 29.8 Å². The predicted octanol–water partition coefficient (Wildman–Crippen LogP) is 2.36. The molecular weight excluding hydrogens is 188 g/mol. The van der Waals surface area contributed by atoms with Gasteiger partial charge in [0.2, 0.25) is 0 Å². The van der Waals surface area contributed by atoms with Gasteiger partial charge in [0.15, 0.2) is 5.65 Å². The first-order valence-electron chi connectivity index (χ1n) is 5.44. The highest BCUT2D eigenvalue weighted by molar-refractivity contribution is 5.69. The number of nitrogens with zero attached hydrogens (tertiary/aromatic N) is 4. The number of fused-ring (bicyclic) bond motifs is 1. The van der Waals surface area contributed by atoms with E-state index in [2.05, 4.69) is 35.8 Å². The third-order valence-corrected chi connectivity index (χ3v) is 2.78. The monoisotopic (exact) mass is 204 g/mol. The van der Waals surface area contributed by atoms with Gasteiger partial charge in [0, 0.05) is 12.7 Å². The zero-order chi connectivity index (χ0) is 10.8. The molecule has 15 heavy (non-hydrogen) atoms. The molecule has 2 rings (SSSR count). The molecule has 1 unspecified atom stereocenters. The quantitative estimate of drug-likeness (QED) is 0.770. The highest BCUT2D eigenvalue weighted by atomic mass is 15.3. The van der Waals surface area contributed by atoms with Gasteiger partial charge < -0.3 is 0 Å². The summed E-state index contributed by atoms with van der Waals surface area (Å²) in [5, 5.41) is 4.23. The maximum Gasteiger partial charge on any atom is 0.177 e. The molecule has 0 spiro atoms. The molecule has 1 atom stereocenters. The molecule has 0 N–H and O–H groups in total. The van der Waals surface area contributed by atoms with Gasteiger partial charge in [-0.1, -0.05) is 13.8 Å². The van der Waals surface area contributed by atoms with E-state index in [4.69, 9.17) is 0 Å². The molecule has 0 aliphatic carbocycles. The number of rotatable bonds is 3. The molecule has 0 fully saturated rings. The zero-order valence-corrected chi connectivity index (χ0v) is 9.44. The molecule has 0 aliphatic rings. The largest absolute Gasteiger partial charge is 0.249 e. The van der Waals surface area contributed by atoms with E-state index in [1.165, 1.54) is 0 Å². The molecule has 2 aromatic heterocycles. The van der Waals surface area contributed by atoms with Crippen molar-refractivity contribution >= 4 is 11.2 Å². The van der Waals surface area contributed by atoms with Gasteiger partial charge in [0.25, 0.3) is 0 Å². The van der Waals surface area contributed by atoms with E-state index >= 15 is 0 Å². The minimum absolute atomic E-state index is 0.460. The summed E-state index contributed by atoms with van der Waals surface area (Å²) in [6, 6.07) is 0. The van der Waals surface area contributed by atoms with Gasteiger partial charge in [-0.15, -0.1) is 0 Å². The standard InChI is InChI=1S/C11H16N4/c1-4-8(3)9-6-12-10-7-13-15(5-2)11(10)14-9/h6-8H,4-5H2,1-3H3. The highest BCUT2D eigenvalue weighted by Gasteiger charge is 2.09. The molecule has 4 nitrogen and oxygen atoms in total. The number of hydrogen-bond acceptors (Lipinski definition) is 3. The van der Waals surface area contributed by atoms with Crippen molar-refractivity contribution in [1.82, 2.24) is 19.7 Å². The Bertz CT molecular complexity index is 461. The zero-order valence-electron chi connectivity index (χ0n) is 9.44. The van der Waals surface area contributed by atoms with Crippen LogP contribution in [0.2, 0.25) is 0 Å². The second-order valence-corrected chi connectivity index (χ2v) is 3.77. The molecule has 0 bridgehead atoms. The summed E-state index contributed by atoms with van der Waals surface area (Å²) in [7, 11) is 0. The van der Waals surface area contributed by atoms with Crippen LogP contribution < -0.4 is 0 Å². The summed E-state index contributed by atoms with van der Waals surface area (Å²) < 4.78 is 1.88. The Morgan fingerprint density at radius 3 is 2.80 bits per heavy atom. The van der Waals surface area contributed by atoms with E-state index in [-0.39, 0.29) is 0 Å². The van der Waals surface area contributed by atoms with Gasteiger partial charge in [-0.3, -0.25) is 0 Å². The van der Waals surface area contributed by atoms with Gasteiger partial charge in [0.1, 0.15) is 5.52 Å². The van der Waals surface area contributed by atoms with Crippen molar-refractivity contribution in [2.75, 3.05) is 0 Å². The Morgan fingerprint density at radius 1 is 1.33 bits per heavy atom. The van der Waals surface area contributed by atoms with Gasteiger partial charge in [-0.05, 0) is 19.3 Å². The summed E-state index contributed by atoms with van der Waals surface area (Å²) in [6.07, 6.45) is 4.71. The molecule has 2 heterocycles. The summed E-state index contributed by atoms with van der Waals surface area (Å²) in [6.45, 7) is 7.22. The molecule has 2 aromatic rings. The average Bonchev–Trinajstić information content (AvgIpc) is 2.69. The Hall–Kier alpha value is -1.45. The Labute approximate surface area is 89.3 Å². The lowest BCUT2D eigenvalue weighted by Gasteiger charge is -2.07. The second kappa shape index (κ2) is 3.96. The number of aryl methyl sites for hydroxylation is 1. The van der Waals surface area contributed by atoms with Crippen LogP contribution in [0.1, 0.15) is 38.8 Å². The number of hydrogen-bond donors (Lipinski definition) is 0. The molecular formula is C11H16N4.